The maximum atomic E-state index is 14.6. The number of aliphatic hydroxyl groups excluding tert-OH is 1. The smallest absolute Gasteiger partial charge is 0.185 e. The minimum absolute atomic E-state index is 0.00625. The van der Waals surface area contributed by atoms with Gasteiger partial charge in [-0.25, -0.2) is 14.4 Å². The molecular formula is C29H24FN5O3. The van der Waals surface area contributed by atoms with Crippen molar-refractivity contribution in [3.8, 4) is 34.3 Å². The number of ketones is 1. The summed E-state index contributed by atoms with van der Waals surface area (Å²) in [4.78, 5) is 28.1. The third kappa shape index (κ3) is 4.69. The summed E-state index contributed by atoms with van der Waals surface area (Å²) in [5.74, 6) is -0.484. The Bertz CT molecular complexity index is 1550. The van der Waals surface area contributed by atoms with E-state index in [4.69, 9.17) is 4.74 Å². The molecule has 0 bridgehead atoms. The Balaban J connectivity index is 1.50. The van der Waals surface area contributed by atoms with E-state index in [0.717, 1.165) is 29.8 Å². The Morgan fingerprint density at radius 3 is 2.84 bits per heavy atom. The Hall–Kier alpha value is -4.68. The number of hydrogen-bond donors (Lipinski definition) is 1. The van der Waals surface area contributed by atoms with Crippen LogP contribution in [0.15, 0.2) is 67.1 Å². The summed E-state index contributed by atoms with van der Waals surface area (Å²) >= 11 is 0. The maximum Gasteiger partial charge on any atom is 0.185 e. The normalized spacial score (nSPS) is 14.5. The molecule has 0 radical (unpaired) electrons. The molecule has 1 atom stereocenters. The standard InChI is InChI=1S/C29H24FN5O3/c1-38-27-4-2-3-23(30)28(27)29-33-11-8-24(34-29)26(37)14-19-6-5-18(22-16-32-10-7-20(22)15-31)13-25(19)35-12-9-21(35)17-36/h2-8,10-11,13,16,21,36H,9,12,14,17H2,1H3/t21-/m0/s1. The molecule has 9 heteroatoms. The molecule has 5 rings (SSSR count). The lowest BCUT2D eigenvalue weighted by Crippen LogP contribution is -2.50. The number of carbonyl (C=O) groups is 1. The summed E-state index contributed by atoms with van der Waals surface area (Å²) in [6.45, 7) is 0.729. The summed E-state index contributed by atoms with van der Waals surface area (Å²) in [5.41, 5.74) is 3.77. The molecule has 4 aromatic rings. The molecule has 1 saturated heterocycles. The van der Waals surface area contributed by atoms with E-state index in [9.17, 15) is 19.6 Å². The summed E-state index contributed by atoms with van der Waals surface area (Å²) < 4.78 is 19.9. The lowest BCUT2D eigenvalue weighted by Gasteiger charge is -2.43. The van der Waals surface area contributed by atoms with Crippen molar-refractivity contribution in [2.45, 2.75) is 18.9 Å². The van der Waals surface area contributed by atoms with Gasteiger partial charge in [0.1, 0.15) is 17.3 Å². The molecule has 1 N–H and O–H groups in total. The molecule has 2 aromatic heterocycles. The number of ether oxygens (including phenoxy) is 1. The van der Waals surface area contributed by atoms with Crippen molar-refractivity contribution in [3.63, 3.8) is 0 Å². The molecule has 1 aliphatic rings. The quantitative estimate of drug-likeness (QED) is 0.352. The third-order valence-corrected chi connectivity index (χ3v) is 6.71. The summed E-state index contributed by atoms with van der Waals surface area (Å²) in [6.07, 6.45) is 5.51. The number of carbonyl (C=O) groups excluding carboxylic acids is 1. The third-order valence-electron chi connectivity index (χ3n) is 6.71. The maximum absolute atomic E-state index is 14.6. The van der Waals surface area contributed by atoms with Crippen LogP contribution in [0.1, 0.15) is 28.0 Å². The van der Waals surface area contributed by atoms with E-state index in [1.54, 1.807) is 24.5 Å². The second kappa shape index (κ2) is 10.7. The van der Waals surface area contributed by atoms with Gasteiger partial charge < -0.3 is 14.7 Å². The van der Waals surface area contributed by atoms with Crippen LogP contribution in [0.3, 0.4) is 0 Å². The number of anilines is 1. The lowest BCUT2D eigenvalue weighted by atomic mass is 9.94. The molecule has 0 unspecified atom stereocenters. The minimum atomic E-state index is -0.549. The first-order valence-electron chi connectivity index (χ1n) is 12.1. The second-order valence-electron chi connectivity index (χ2n) is 8.88. The van der Waals surface area contributed by atoms with Gasteiger partial charge in [0.15, 0.2) is 11.6 Å². The van der Waals surface area contributed by atoms with Gasteiger partial charge in [0.25, 0.3) is 0 Å². The molecule has 38 heavy (non-hydrogen) atoms. The van der Waals surface area contributed by atoms with E-state index < -0.39 is 5.82 Å². The second-order valence-corrected chi connectivity index (χ2v) is 8.88. The number of nitriles is 1. The van der Waals surface area contributed by atoms with E-state index >= 15 is 0 Å². The molecule has 0 aliphatic carbocycles. The van der Waals surface area contributed by atoms with Gasteiger partial charge in [-0.15, -0.1) is 0 Å². The van der Waals surface area contributed by atoms with Crippen molar-refractivity contribution < 1.29 is 19.0 Å². The molecule has 0 spiro atoms. The fourth-order valence-electron chi connectivity index (χ4n) is 4.61. The van der Waals surface area contributed by atoms with Gasteiger partial charge in [-0.1, -0.05) is 18.2 Å². The van der Waals surface area contributed by atoms with Crippen molar-refractivity contribution in [2.24, 2.45) is 0 Å². The predicted octanol–water partition coefficient (Wildman–Crippen LogP) is 4.22. The highest BCUT2D eigenvalue weighted by molar-refractivity contribution is 5.97. The van der Waals surface area contributed by atoms with Crippen molar-refractivity contribution >= 4 is 11.5 Å². The van der Waals surface area contributed by atoms with Gasteiger partial charge in [0.05, 0.1) is 37.0 Å². The molecule has 2 aromatic carbocycles. The topological polar surface area (TPSA) is 112 Å². The Morgan fingerprint density at radius 2 is 2.11 bits per heavy atom. The number of halogens is 1. The van der Waals surface area contributed by atoms with E-state index in [1.165, 1.54) is 31.5 Å². The number of pyridine rings is 1. The molecule has 8 nitrogen and oxygen atoms in total. The zero-order valence-corrected chi connectivity index (χ0v) is 20.6. The number of methoxy groups -OCH3 is 1. The van der Waals surface area contributed by atoms with E-state index in [0.29, 0.717) is 11.1 Å². The van der Waals surface area contributed by atoms with Crippen LogP contribution in [0.25, 0.3) is 22.5 Å². The van der Waals surface area contributed by atoms with Crippen LogP contribution in [-0.4, -0.2) is 52.1 Å². The predicted molar refractivity (Wildman–Crippen MR) is 139 cm³/mol. The molecule has 1 aliphatic heterocycles. The minimum Gasteiger partial charge on any atom is -0.496 e. The van der Waals surface area contributed by atoms with Crippen molar-refractivity contribution in [3.05, 3.63) is 89.8 Å². The van der Waals surface area contributed by atoms with Crippen molar-refractivity contribution in [1.82, 2.24) is 15.0 Å². The molecule has 0 saturated carbocycles. The highest BCUT2D eigenvalue weighted by Gasteiger charge is 2.30. The Morgan fingerprint density at radius 1 is 1.24 bits per heavy atom. The average Bonchev–Trinajstić information content (AvgIpc) is 2.93. The van der Waals surface area contributed by atoms with Gasteiger partial charge in [-0.05, 0) is 47.9 Å². The van der Waals surface area contributed by atoms with Crippen molar-refractivity contribution in [2.75, 3.05) is 25.2 Å². The van der Waals surface area contributed by atoms with Crippen molar-refractivity contribution in [1.29, 1.82) is 5.26 Å². The van der Waals surface area contributed by atoms with Crippen LogP contribution in [0.2, 0.25) is 0 Å². The van der Waals surface area contributed by atoms with Crippen LogP contribution in [0, 0.1) is 17.1 Å². The summed E-state index contributed by atoms with van der Waals surface area (Å²) in [6, 6.07) is 15.4. The largest absolute Gasteiger partial charge is 0.496 e. The van der Waals surface area contributed by atoms with Crippen LogP contribution in [0.4, 0.5) is 10.1 Å². The van der Waals surface area contributed by atoms with E-state index in [1.807, 2.05) is 18.2 Å². The van der Waals surface area contributed by atoms with Crippen LogP contribution >= 0.6 is 0 Å². The first kappa shape index (κ1) is 25.0. The number of hydrogen-bond acceptors (Lipinski definition) is 8. The summed E-state index contributed by atoms with van der Waals surface area (Å²) in [5, 5.41) is 19.4. The zero-order valence-electron chi connectivity index (χ0n) is 20.6. The first-order chi connectivity index (χ1) is 18.5. The van der Waals surface area contributed by atoms with Crippen LogP contribution in [-0.2, 0) is 6.42 Å². The van der Waals surface area contributed by atoms with Gasteiger partial charge in [-0.2, -0.15) is 5.26 Å². The average molecular weight is 510 g/mol. The molecular weight excluding hydrogens is 485 g/mol. The zero-order chi connectivity index (χ0) is 26.6. The summed E-state index contributed by atoms with van der Waals surface area (Å²) in [7, 11) is 1.43. The fourth-order valence-corrected chi connectivity index (χ4v) is 4.61. The van der Waals surface area contributed by atoms with E-state index in [2.05, 4.69) is 25.9 Å². The number of nitrogens with zero attached hydrogens (tertiary/aromatic N) is 5. The number of aliphatic hydroxyl groups is 1. The molecule has 0 amide bonds. The monoisotopic (exact) mass is 509 g/mol. The SMILES string of the molecule is COc1cccc(F)c1-c1nccc(C(=O)Cc2ccc(-c3cnccc3C#N)cc2N2CC[C@H]2CO)n1. The number of aromatic nitrogens is 3. The number of benzene rings is 2. The van der Waals surface area contributed by atoms with Gasteiger partial charge in [0, 0.05) is 42.8 Å². The molecule has 190 valence electrons. The highest BCUT2D eigenvalue weighted by atomic mass is 19.1. The van der Waals surface area contributed by atoms with Gasteiger partial charge in [0.2, 0.25) is 0 Å². The van der Waals surface area contributed by atoms with E-state index in [-0.39, 0.29) is 47.7 Å². The number of Topliss-reactive ketones (excluding diaryl/α,β-unsaturated/α-hetero) is 1. The fraction of sp³-hybridized carbons (Fsp3) is 0.207. The van der Waals surface area contributed by atoms with Crippen LogP contribution < -0.4 is 9.64 Å². The first-order valence-corrected chi connectivity index (χ1v) is 12.1. The number of rotatable bonds is 8. The van der Waals surface area contributed by atoms with Crippen LogP contribution in [0.5, 0.6) is 5.75 Å². The molecule has 3 heterocycles. The lowest BCUT2D eigenvalue weighted by molar-refractivity contribution is 0.0988. The Kier molecular flexibility index (Phi) is 7.07. The van der Waals surface area contributed by atoms with Gasteiger partial charge in [-0.3, -0.25) is 9.78 Å². The Labute approximate surface area is 219 Å². The van der Waals surface area contributed by atoms with Gasteiger partial charge >= 0.3 is 0 Å². The highest BCUT2D eigenvalue weighted by Crippen LogP contribution is 2.35. The molecule has 1 fully saturated rings.